The summed E-state index contributed by atoms with van der Waals surface area (Å²) in [5.74, 6) is -1.34. The Morgan fingerprint density at radius 2 is 0.475 bits per heavy atom. The number of esters is 4. The minimum absolute atomic E-state index is 0.106. The first-order valence-electron chi connectivity index (χ1n) is 42.7. The molecule has 0 aliphatic carbocycles. The highest BCUT2D eigenvalue weighted by Crippen LogP contribution is 2.45. The number of phosphoric ester groups is 2. The molecule has 0 rings (SSSR count). The molecule has 101 heavy (non-hydrogen) atoms. The van der Waals surface area contributed by atoms with Crippen molar-refractivity contribution in [3.05, 3.63) is 0 Å². The van der Waals surface area contributed by atoms with E-state index >= 15 is 0 Å². The topological polar surface area (TPSA) is 237 Å². The largest absolute Gasteiger partial charge is 0.472 e. The Morgan fingerprint density at radius 3 is 0.703 bits per heavy atom. The maximum absolute atomic E-state index is 13.1. The van der Waals surface area contributed by atoms with Gasteiger partial charge < -0.3 is 33.8 Å². The van der Waals surface area contributed by atoms with Crippen molar-refractivity contribution in [3.8, 4) is 0 Å². The molecule has 0 bridgehead atoms. The van der Waals surface area contributed by atoms with Gasteiger partial charge in [-0.25, -0.2) is 9.13 Å². The Bertz CT molecular complexity index is 1930. The SMILES string of the molecule is CCCCCCCCCCCCCCCCCCCCCCCC(=O)O[C@H](COC(=O)CCCCCCCCCCCCCCCCCCC)COP(=O)(O)OC[C@@H](O)COP(=O)(O)OC[C@@H](COC(=O)CCCCCCCCCCCCC)OC(=O)CCCCCCCCCCC(C)CC. The van der Waals surface area contributed by atoms with Crippen LogP contribution in [-0.4, -0.2) is 96.7 Å². The summed E-state index contributed by atoms with van der Waals surface area (Å²) in [4.78, 5) is 73.0. The van der Waals surface area contributed by atoms with Crippen molar-refractivity contribution in [3.63, 3.8) is 0 Å². The summed E-state index contributed by atoms with van der Waals surface area (Å²) in [5.41, 5.74) is 0. The van der Waals surface area contributed by atoms with Crippen molar-refractivity contribution >= 4 is 39.5 Å². The summed E-state index contributed by atoms with van der Waals surface area (Å²) in [5, 5.41) is 10.6. The van der Waals surface area contributed by atoms with Gasteiger partial charge in [0.1, 0.15) is 19.3 Å². The highest BCUT2D eigenvalue weighted by Gasteiger charge is 2.30. The Labute approximate surface area is 619 Å². The van der Waals surface area contributed by atoms with Crippen molar-refractivity contribution in [2.24, 2.45) is 5.92 Å². The van der Waals surface area contributed by atoms with Crippen LogP contribution in [0.1, 0.15) is 439 Å². The lowest BCUT2D eigenvalue weighted by Crippen LogP contribution is -2.30. The van der Waals surface area contributed by atoms with Crippen LogP contribution in [0, 0.1) is 5.92 Å². The van der Waals surface area contributed by atoms with Crippen LogP contribution in [0.15, 0.2) is 0 Å². The molecule has 0 aromatic carbocycles. The number of hydrogen-bond donors (Lipinski definition) is 3. The van der Waals surface area contributed by atoms with E-state index in [0.29, 0.717) is 25.7 Å². The molecule has 0 fully saturated rings. The van der Waals surface area contributed by atoms with Gasteiger partial charge in [0.25, 0.3) is 0 Å². The van der Waals surface area contributed by atoms with E-state index in [1.807, 2.05) is 0 Å². The van der Waals surface area contributed by atoms with Gasteiger partial charge in [0.2, 0.25) is 0 Å². The van der Waals surface area contributed by atoms with E-state index in [-0.39, 0.29) is 25.7 Å². The fourth-order valence-electron chi connectivity index (χ4n) is 12.7. The van der Waals surface area contributed by atoms with Crippen molar-refractivity contribution in [2.45, 2.75) is 457 Å². The van der Waals surface area contributed by atoms with Crippen molar-refractivity contribution < 1.29 is 80.2 Å². The van der Waals surface area contributed by atoms with E-state index in [9.17, 15) is 43.2 Å². The molecule has 17 nitrogen and oxygen atoms in total. The molecule has 0 heterocycles. The highest BCUT2D eigenvalue weighted by molar-refractivity contribution is 7.47. The van der Waals surface area contributed by atoms with Gasteiger partial charge in [0, 0.05) is 25.7 Å². The fourth-order valence-corrected chi connectivity index (χ4v) is 14.3. The Balaban J connectivity index is 5.22. The first kappa shape index (κ1) is 99.1. The number of carbonyl (C=O) groups is 4. The second-order valence-corrected chi connectivity index (χ2v) is 32.7. The standard InChI is InChI=1S/C82H160O17P2/c1-6-10-13-16-19-22-25-27-29-31-32-33-34-36-38-40-43-46-52-57-62-67-81(86)98-77(71-93-80(85)66-61-56-51-45-42-39-37-35-30-28-26-23-20-17-14-11-7-2)73-96-100(88,89)94-69-76(83)70-95-101(90,91)97-74-78(72-92-79(84)65-60-55-50-44-41-24-21-18-15-12-8-3)99-82(87)68-63-58-53-48-47-49-54-59-64-75(5)9-4/h75-78,83H,6-74H2,1-5H3,(H,88,89)(H,90,91)/t75?,76-,77-,78-/m1/s1. The third-order valence-electron chi connectivity index (χ3n) is 19.6. The van der Waals surface area contributed by atoms with Gasteiger partial charge in [0.05, 0.1) is 26.4 Å². The molecule has 0 saturated carbocycles. The summed E-state index contributed by atoms with van der Waals surface area (Å²) in [6.45, 7) is 7.33. The van der Waals surface area contributed by atoms with E-state index in [0.717, 1.165) is 95.8 Å². The van der Waals surface area contributed by atoms with E-state index in [4.69, 9.17) is 37.0 Å². The number of ether oxygens (including phenoxy) is 4. The zero-order valence-electron chi connectivity index (χ0n) is 66.1. The third kappa shape index (κ3) is 74.7. The van der Waals surface area contributed by atoms with Gasteiger partial charge in [-0.05, 0) is 31.6 Å². The van der Waals surface area contributed by atoms with Gasteiger partial charge >= 0.3 is 39.5 Å². The lowest BCUT2D eigenvalue weighted by Gasteiger charge is -2.21. The van der Waals surface area contributed by atoms with Crippen LogP contribution in [0.25, 0.3) is 0 Å². The zero-order chi connectivity index (χ0) is 74.1. The highest BCUT2D eigenvalue weighted by atomic mass is 31.2. The molecule has 0 saturated heterocycles. The lowest BCUT2D eigenvalue weighted by molar-refractivity contribution is -0.161. The Morgan fingerprint density at radius 1 is 0.277 bits per heavy atom. The van der Waals surface area contributed by atoms with Crippen LogP contribution in [0.3, 0.4) is 0 Å². The predicted octanol–water partition coefficient (Wildman–Crippen LogP) is 24.8. The number of hydrogen-bond acceptors (Lipinski definition) is 15. The molecule has 3 N–H and O–H groups in total. The smallest absolute Gasteiger partial charge is 0.462 e. The van der Waals surface area contributed by atoms with Gasteiger partial charge in [-0.3, -0.25) is 37.3 Å². The van der Waals surface area contributed by atoms with Crippen LogP contribution in [0.2, 0.25) is 0 Å². The molecule has 0 aromatic rings. The minimum atomic E-state index is -4.96. The number of rotatable bonds is 82. The van der Waals surface area contributed by atoms with E-state index in [1.165, 1.54) is 263 Å². The fraction of sp³-hybridized carbons (Fsp3) is 0.951. The van der Waals surface area contributed by atoms with Gasteiger partial charge in [-0.1, -0.05) is 388 Å². The van der Waals surface area contributed by atoms with E-state index in [2.05, 4.69) is 34.6 Å². The van der Waals surface area contributed by atoms with Crippen LogP contribution >= 0.6 is 15.6 Å². The summed E-state index contributed by atoms with van der Waals surface area (Å²) >= 11 is 0. The molecule has 6 atom stereocenters. The minimum Gasteiger partial charge on any atom is -0.462 e. The molecular weight excluding hydrogens is 1320 g/mol. The zero-order valence-corrected chi connectivity index (χ0v) is 67.8. The predicted molar refractivity (Wildman–Crippen MR) is 414 cm³/mol. The molecule has 600 valence electrons. The molecule has 0 aromatic heterocycles. The molecule has 0 aliphatic heterocycles. The van der Waals surface area contributed by atoms with E-state index in [1.54, 1.807) is 0 Å². The van der Waals surface area contributed by atoms with Crippen molar-refractivity contribution in [1.82, 2.24) is 0 Å². The van der Waals surface area contributed by atoms with Gasteiger partial charge in [-0.2, -0.15) is 0 Å². The number of aliphatic hydroxyl groups is 1. The molecule has 3 unspecified atom stereocenters. The molecule has 0 radical (unpaired) electrons. The quantitative estimate of drug-likeness (QED) is 0.0222. The maximum Gasteiger partial charge on any atom is 0.472 e. The van der Waals surface area contributed by atoms with E-state index < -0.39 is 97.5 Å². The van der Waals surface area contributed by atoms with Crippen LogP contribution in [-0.2, 0) is 65.4 Å². The maximum atomic E-state index is 13.1. The summed E-state index contributed by atoms with van der Waals surface area (Å²) < 4.78 is 68.7. The van der Waals surface area contributed by atoms with Crippen molar-refractivity contribution in [2.75, 3.05) is 39.6 Å². The summed E-state index contributed by atoms with van der Waals surface area (Å²) in [6.07, 6.45) is 66.6. The summed E-state index contributed by atoms with van der Waals surface area (Å²) in [6, 6.07) is 0. The Hall–Kier alpha value is -1.94. The molecule has 0 amide bonds. The molecule has 0 spiro atoms. The lowest BCUT2D eigenvalue weighted by atomic mass is 9.99. The molecule has 19 heteroatoms. The molecule has 0 aliphatic rings. The summed E-state index contributed by atoms with van der Waals surface area (Å²) in [7, 11) is -9.92. The van der Waals surface area contributed by atoms with Gasteiger partial charge in [-0.15, -0.1) is 0 Å². The normalized spacial score (nSPS) is 14.1. The third-order valence-corrected chi connectivity index (χ3v) is 21.5. The van der Waals surface area contributed by atoms with Crippen LogP contribution in [0.5, 0.6) is 0 Å². The Kier molecular flexibility index (Phi) is 73.5. The second kappa shape index (κ2) is 74.9. The average Bonchev–Trinajstić information content (AvgIpc) is 0.929. The van der Waals surface area contributed by atoms with Crippen molar-refractivity contribution in [1.29, 1.82) is 0 Å². The van der Waals surface area contributed by atoms with Crippen LogP contribution < -0.4 is 0 Å². The molecular formula is C82H160O17P2. The first-order chi connectivity index (χ1) is 49.1. The van der Waals surface area contributed by atoms with Gasteiger partial charge in [0.15, 0.2) is 12.2 Å². The number of unbranched alkanes of at least 4 members (excludes halogenated alkanes) is 53. The number of carbonyl (C=O) groups excluding carboxylic acids is 4. The van der Waals surface area contributed by atoms with Crippen LogP contribution in [0.4, 0.5) is 0 Å². The number of phosphoric acid groups is 2. The number of aliphatic hydroxyl groups excluding tert-OH is 1. The first-order valence-corrected chi connectivity index (χ1v) is 45.7. The average molecular weight is 1480 g/mol. The monoisotopic (exact) mass is 1480 g/mol. The second-order valence-electron chi connectivity index (χ2n) is 29.8.